The van der Waals surface area contributed by atoms with Gasteiger partial charge in [-0.05, 0) is 115 Å². The summed E-state index contributed by atoms with van der Waals surface area (Å²) in [7, 11) is 0. The molecule has 0 aliphatic heterocycles. The van der Waals surface area contributed by atoms with Crippen LogP contribution in [0.15, 0.2) is 180 Å². The maximum Gasteiger partial charge on any atom is 0.137 e. The van der Waals surface area contributed by atoms with E-state index in [0.717, 1.165) is 39.0 Å². The van der Waals surface area contributed by atoms with Crippen molar-refractivity contribution in [1.82, 2.24) is 0 Å². The molecule has 8 aromatic carbocycles. The lowest BCUT2D eigenvalue weighted by Gasteiger charge is -2.25. The van der Waals surface area contributed by atoms with Crippen molar-refractivity contribution in [1.29, 1.82) is 0 Å². The van der Waals surface area contributed by atoms with Crippen molar-refractivity contribution in [3.05, 3.63) is 176 Å². The van der Waals surface area contributed by atoms with Gasteiger partial charge in [0.2, 0.25) is 0 Å². The number of fused-ring (bicyclic) bond motifs is 7. The van der Waals surface area contributed by atoms with Gasteiger partial charge in [-0.3, -0.25) is 0 Å². The minimum atomic E-state index is 0.884. The molecule has 232 valence electrons. The highest BCUT2D eigenvalue weighted by atomic mass is 16.3. The fraction of sp³-hybridized carbons (Fsp3) is 0. The second-order valence-corrected chi connectivity index (χ2v) is 13.3. The van der Waals surface area contributed by atoms with E-state index < -0.39 is 0 Å². The molecule has 0 saturated heterocycles. The van der Waals surface area contributed by atoms with Gasteiger partial charge in [-0.2, -0.15) is 0 Å². The monoisotopic (exact) mass is 635 g/mol. The van der Waals surface area contributed by atoms with Crippen LogP contribution in [0.5, 0.6) is 0 Å². The average Bonchev–Trinajstić information content (AvgIpc) is 3.50. The van der Waals surface area contributed by atoms with Gasteiger partial charge in [0.1, 0.15) is 11.2 Å². The molecular formula is C48H29NO. The highest BCUT2D eigenvalue weighted by Crippen LogP contribution is 2.57. The van der Waals surface area contributed by atoms with Crippen molar-refractivity contribution >= 4 is 39.0 Å². The van der Waals surface area contributed by atoms with Crippen LogP contribution in [0, 0.1) is 0 Å². The maximum atomic E-state index is 6.30. The Bertz CT molecular complexity index is 2780. The molecule has 2 nitrogen and oxygen atoms in total. The number of benzene rings is 8. The van der Waals surface area contributed by atoms with E-state index >= 15 is 0 Å². The van der Waals surface area contributed by atoms with Crippen molar-refractivity contribution < 1.29 is 4.42 Å². The minimum absolute atomic E-state index is 0.884. The molecule has 0 unspecified atom stereocenters. The number of furan rings is 1. The van der Waals surface area contributed by atoms with Gasteiger partial charge < -0.3 is 9.32 Å². The van der Waals surface area contributed by atoms with E-state index in [1.807, 2.05) is 12.1 Å². The summed E-state index contributed by atoms with van der Waals surface area (Å²) in [5.74, 6) is 0. The molecule has 0 amide bonds. The van der Waals surface area contributed by atoms with Crippen molar-refractivity contribution in [3.63, 3.8) is 0 Å². The Kier molecular flexibility index (Phi) is 5.70. The second-order valence-electron chi connectivity index (χ2n) is 13.3. The minimum Gasteiger partial charge on any atom is -0.456 e. The summed E-state index contributed by atoms with van der Waals surface area (Å²) < 4.78 is 6.30. The van der Waals surface area contributed by atoms with Crippen molar-refractivity contribution in [3.8, 4) is 66.8 Å². The van der Waals surface area contributed by atoms with E-state index in [1.165, 1.54) is 66.8 Å². The highest BCUT2D eigenvalue weighted by molar-refractivity contribution is 6.15. The van der Waals surface area contributed by atoms with E-state index in [0.29, 0.717) is 0 Å². The van der Waals surface area contributed by atoms with Crippen molar-refractivity contribution in [2.45, 2.75) is 0 Å². The summed E-state index contributed by atoms with van der Waals surface area (Å²) in [6, 6.07) is 63.8. The average molecular weight is 636 g/mol. The molecule has 1 heterocycles. The Hall–Kier alpha value is -6.64. The Morgan fingerprint density at radius 1 is 0.300 bits per heavy atom. The summed E-state index contributed by atoms with van der Waals surface area (Å²) in [5, 5.41) is 2.27. The molecule has 0 spiro atoms. The summed E-state index contributed by atoms with van der Waals surface area (Å²) in [6.45, 7) is 0. The SMILES string of the molecule is c1ccc(N(c2ccc(-c3ccc4c(c3)-c3c5cccc3-c3cccc-4c3-c3ccccc3-5)cc2)c2ccc3c(c2)oc2ccccc23)cc1. The van der Waals surface area contributed by atoms with Gasteiger partial charge >= 0.3 is 0 Å². The second kappa shape index (κ2) is 10.4. The first-order valence-electron chi connectivity index (χ1n) is 17.2. The molecule has 11 rings (SSSR count). The lowest BCUT2D eigenvalue weighted by molar-refractivity contribution is 0.669. The smallest absolute Gasteiger partial charge is 0.137 e. The highest BCUT2D eigenvalue weighted by Gasteiger charge is 2.30. The molecule has 0 saturated carbocycles. The van der Waals surface area contributed by atoms with Crippen LogP contribution in [-0.4, -0.2) is 0 Å². The third-order valence-corrected chi connectivity index (χ3v) is 10.6. The molecule has 0 N–H and O–H groups in total. The van der Waals surface area contributed by atoms with Crippen molar-refractivity contribution in [2.24, 2.45) is 0 Å². The van der Waals surface area contributed by atoms with Gasteiger partial charge in [0.05, 0.1) is 0 Å². The van der Waals surface area contributed by atoms with Gasteiger partial charge in [-0.25, -0.2) is 0 Å². The zero-order chi connectivity index (χ0) is 32.8. The van der Waals surface area contributed by atoms with E-state index in [1.54, 1.807) is 0 Å². The van der Waals surface area contributed by atoms with E-state index in [2.05, 4.69) is 169 Å². The van der Waals surface area contributed by atoms with E-state index in [-0.39, 0.29) is 0 Å². The molecule has 50 heavy (non-hydrogen) atoms. The van der Waals surface area contributed by atoms with Crippen LogP contribution in [0.1, 0.15) is 0 Å². The molecular weight excluding hydrogens is 607 g/mol. The predicted octanol–water partition coefficient (Wildman–Crippen LogP) is 13.7. The van der Waals surface area contributed by atoms with Gasteiger partial charge in [-0.1, -0.05) is 121 Å². The maximum absolute atomic E-state index is 6.30. The lowest BCUT2D eigenvalue weighted by atomic mass is 9.83. The molecule has 6 bridgehead atoms. The van der Waals surface area contributed by atoms with Gasteiger partial charge in [0.25, 0.3) is 0 Å². The normalized spacial score (nSPS) is 12.0. The van der Waals surface area contributed by atoms with E-state index in [9.17, 15) is 0 Å². The zero-order valence-electron chi connectivity index (χ0n) is 27.1. The van der Waals surface area contributed by atoms with Crippen LogP contribution < -0.4 is 4.90 Å². The first-order chi connectivity index (χ1) is 24.8. The summed E-state index contributed by atoms with van der Waals surface area (Å²) in [4.78, 5) is 2.30. The number of anilines is 3. The largest absolute Gasteiger partial charge is 0.456 e. The molecule has 2 aliphatic rings. The predicted molar refractivity (Wildman–Crippen MR) is 208 cm³/mol. The molecule has 9 aromatic rings. The number of hydrogen-bond acceptors (Lipinski definition) is 2. The molecule has 0 radical (unpaired) electrons. The number of hydrogen-bond donors (Lipinski definition) is 0. The van der Waals surface area contributed by atoms with Crippen LogP contribution in [0.3, 0.4) is 0 Å². The van der Waals surface area contributed by atoms with Gasteiger partial charge in [0.15, 0.2) is 0 Å². The number of nitrogens with zero attached hydrogens (tertiary/aromatic N) is 1. The zero-order valence-corrected chi connectivity index (χ0v) is 27.1. The Labute approximate surface area is 290 Å². The topological polar surface area (TPSA) is 16.4 Å². The van der Waals surface area contributed by atoms with Crippen LogP contribution >= 0.6 is 0 Å². The molecule has 2 heteroatoms. The quantitative estimate of drug-likeness (QED) is 0.191. The van der Waals surface area contributed by atoms with Crippen molar-refractivity contribution in [2.75, 3.05) is 4.90 Å². The third kappa shape index (κ3) is 3.90. The Morgan fingerprint density at radius 2 is 0.840 bits per heavy atom. The molecule has 0 fully saturated rings. The number of para-hydroxylation sites is 2. The molecule has 0 atom stereocenters. The standard InChI is InChI=1S/C48H29NO/c1-2-10-32(11-3-1)49(34-25-27-38-37-13-6-7-19-45(37)50-46(38)29-34)33-23-20-30(21-24-33)31-22-26-36-41-16-9-17-42-43-18-8-15-40(48(43)44(36)28-31)35-12-4-5-14-39(35)47(41)42/h1-29H. The first kappa shape index (κ1) is 27.3. The molecule has 1 aromatic heterocycles. The van der Waals surface area contributed by atoms with Crippen LogP contribution in [0.4, 0.5) is 17.1 Å². The third-order valence-electron chi connectivity index (χ3n) is 10.6. The summed E-state index contributed by atoms with van der Waals surface area (Å²) in [5.41, 5.74) is 20.5. The summed E-state index contributed by atoms with van der Waals surface area (Å²) in [6.07, 6.45) is 0. The Balaban J connectivity index is 1.04. The number of rotatable bonds is 4. The van der Waals surface area contributed by atoms with Gasteiger partial charge in [0, 0.05) is 33.9 Å². The Morgan fingerprint density at radius 3 is 1.62 bits per heavy atom. The fourth-order valence-corrected chi connectivity index (χ4v) is 8.37. The van der Waals surface area contributed by atoms with Gasteiger partial charge in [-0.15, -0.1) is 0 Å². The first-order valence-corrected chi connectivity index (χ1v) is 17.2. The molecule has 2 aliphatic carbocycles. The lowest BCUT2D eigenvalue weighted by Crippen LogP contribution is -2.09. The summed E-state index contributed by atoms with van der Waals surface area (Å²) >= 11 is 0. The van der Waals surface area contributed by atoms with Crippen LogP contribution in [0.25, 0.3) is 88.7 Å². The van der Waals surface area contributed by atoms with Crippen LogP contribution in [-0.2, 0) is 0 Å². The van der Waals surface area contributed by atoms with Crippen LogP contribution in [0.2, 0.25) is 0 Å². The van der Waals surface area contributed by atoms with E-state index in [4.69, 9.17) is 4.42 Å². The fourth-order valence-electron chi connectivity index (χ4n) is 8.37.